The molecular formula is C11H9F11N2. The van der Waals surface area contributed by atoms with Crippen LogP contribution in [0.25, 0.3) is 0 Å². The summed E-state index contributed by atoms with van der Waals surface area (Å²) in [4.78, 5) is 3.39. The van der Waals surface area contributed by atoms with Gasteiger partial charge in [-0.1, -0.05) is 0 Å². The monoisotopic (exact) mass is 378 g/mol. The van der Waals surface area contributed by atoms with Crippen molar-refractivity contribution in [2.45, 2.75) is 42.8 Å². The Bertz CT molecular complexity index is 533. The van der Waals surface area contributed by atoms with E-state index in [9.17, 15) is 48.3 Å². The zero-order valence-corrected chi connectivity index (χ0v) is 11.5. The van der Waals surface area contributed by atoms with Crippen molar-refractivity contribution in [3.8, 4) is 0 Å². The van der Waals surface area contributed by atoms with E-state index >= 15 is 0 Å². The maximum Gasteiger partial charge on any atom is 0.460 e. The van der Waals surface area contributed by atoms with E-state index in [4.69, 9.17) is 0 Å². The van der Waals surface area contributed by atoms with Gasteiger partial charge in [0.25, 0.3) is 0 Å². The molecule has 0 radical (unpaired) electrons. The topological polar surface area (TPSA) is 24.4 Å². The zero-order chi connectivity index (χ0) is 19.2. The fraction of sp³-hybridized carbons (Fsp3) is 0.727. The number of hydrogen-bond acceptors (Lipinski definition) is 2. The molecule has 1 aliphatic heterocycles. The Labute approximate surface area is 127 Å². The molecule has 140 valence electrons. The van der Waals surface area contributed by atoms with E-state index < -0.39 is 41.6 Å². The number of hydrogen-bond donors (Lipinski definition) is 1. The summed E-state index contributed by atoms with van der Waals surface area (Å²) in [6, 6.07) is -1.09. The number of halogens is 11. The van der Waals surface area contributed by atoms with Crippen molar-refractivity contribution in [1.29, 1.82) is 0 Å². The average Bonchev–Trinajstić information content (AvgIpc) is 2.61. The molecule has 13 heteroatoms. The number of aliphatic imine (C=N–C) groups is 1. The van der Waals surface area contributed by atoms with Crippen LogP contribution < -0.4 is 5.32 Å². The Hall–Kier alpha value is -1.56. The third-order valence-corrected chi connectivity index (χ3v) is 3.01. The molecule has 0 aromatic heterocycles. The fourth-order valence-corrected chi connectivity index (χ4v) is 1.64. The lowest BCUT2D eigenvalue weighted by molar-refractivity contribution is -0.418. The van der Waals surface area contributed by atoms with Gasteiger partial charge in [0.15, 0.2) is 0 Å². The van der Waals surface area contributed by atoms with E-state index in [1.54, 1.807) is 5.32 Å². The van der Waals surface area contributed by atoms with E-state index in [-0.39, 0.29) is 12.6 Å². The molecule has 0 aliphatic carbocycles. The number of alkyl halides is 11. The van der Waals surface area contributed by atoms with E-state index in [0.29, 0.717) is 6.21 Å². The first kappa shape index (κ1) is 20.5. The highest BCUT2D eigenvalue weighted by molar-refractivity contribution is 5.73. The third-order valence-electron chi connectivity index (χ3n) is 3.01. The van der Waals surface area contributed by atoms with Crippen LogP contribution in [0.4, 0.5) is 48.3 Å². The van der Waals surface area contributed by atoms with Crippen LogP contribution in [-0.2, 0) is 0 Å². The summed E-state index contributed by atoms with van der Waals surface area (Å²) in [5.41, 5.74) is -1.96. The van der Waals surface area contributed by atoms with Gasteiger partial charge < -0.3 is 5.32 Å². The minimum atomic E-state index is -7.42. The van der Waals surface area contributed by atoms with Crippen molar-refractivity contribution in [3.63, 3.8) is 0 Å². The molecule has 0 bridgehead atoms. The standard InChI is InChI=1S/C11H9F11N2/c1-5-4-23-3-2-6(24-5)7(12,13)8(14,15)9(16,17)10(18,19)11(20,21)22/h2-3,5,24H,4H2,1H3. The molecule has 0 saturated carbocycles. The van der Waals surface area contributed by atoms with Gasteiger partial charge in [0.05, 0.1) is 12.2 Å². The molecule has 1 heterocycles. The maximum absolute atomic E-state index is 13.7. The first-order chi connectivity index (χ1) is 10.5. The molecule has 0 fully saturated rings. The van der Waals surface area contributed by atoms with Gasteiger partial charge in [-0.2, -0.15) is 48.3 Å². The van der Waals surface area contributed by atoms with E-state index in [2.05, 4.69) is 4.99 Å². The molecule has 0 aromatic carbocycles. The van der Waals surface area contributed by atoms with Crippen LogP contribution in [0.15, 0.2) is 16.8 Å². The van der Waals surface area contributed by atoms with Gasteiger partial charge in [0.1, 0.15) is 0 Å². The van der Waals surface area contributed by atoms with Crippen molar-refractivity contribution >= 4 is 6.21 Å². The quantitative estimate of drug-likeness (QED) is 0.734. The smallest absolute Gasteiger partial charge is 0.379 e. The van der Waals surface area contributed by atoms with E-state index in [1.165, 1.54) is 0 Å². The minimum absolute atomic E-state index is 0.0964. The van der Waals surface area contributed by atoms with E-state index in [1.807, 2.05) is 0 Å². The van der Waals surface area contributed by atoms with Crippen LogP contribution in [0.1, 0.15) is 6.92 Å². The predicted octanol–water partition coefficient (Wildman–Crippen LogP) is 4.04. The molecule has 1 unspecified atom stereocenters. The summed E-state index contributed by atoms with van der Waals surface area (Å²) in [7, 11) is 0. The molecule has 1 rings (SSSR count). The third kappa shape index (κ3) is 2.92. The van der Waals surface area contributed by atoms with E-state index in [0.717, 1.165) is 6.92 Å². The summed E-state index contributed by atoms with van der Waals surface area (Å²) in [5.74, 6) is -27.9. The second kappa shape index (κ2) is 5.76. The molecule has 0 spiro atoms. The highest BCUT2D eigenvalue weighted by Gasteiger charge is 2.87. The first-order valence-corrected chi connectivity index (χ1v) is 6.05. The molecule has 1 aliphatic rings. The van der Waals surface area contributed by atoms with Crippen molar-refractivity contribution in [3.05, 3.63) is 11.8 Å². The highest BCUT2D eigenvalue weighted by Crippen LogP contribution is 2.58. The summed E-state index contributed by atoms with van der Waals surface area (Å²) < 4.78 is 142. The van der Waals surface area contributed by atoms with Gasteiger partial charge in [0, 0.05) is 12.3 Å². The van der Waals surface area contributed by atoms with Crippen LogP contribution in [-0.4, -0.2) is 48.7 Å². The molecule has 2 nitrogen and oxygen atoms in total. The molecule has 1 atom stereocenters. The Morgan fingerprint density at radius 2 is 1.38 bits per heavy atom. The molecule has 0 saturated heterocycles. The average molecular weight is 378 g/mol. The SMILES string of the molecule is CC1CN=CC=C(C(F)(F)C(F)(F)C(F)(F)C(F)(F)C(F)(F)F)N1. The number of nitrogens with one attached hydrogen (secondary N) is 1. The van der Waals surface area contributed by atoms with Crippen molar-refractivity contribution in [2.75, 3.05) is 6.54 Å². The summed E-state index contributed by atoms with van der Waals surface area (Å²) in [5, 5.41) is 1.63. The molecule has 0 aromatic rings. The summed E-state index contributed by atoms with van der Waals surface area (Å²) in [6.45, 7) is 0.865. The molecule has 0 amide bonds. The second-order valence-electron chi connectivity index (χ2n) is 4.94. The van der Waals surface area contributed by atoms with Crippen LogP contribution in [0.5, 0.6) is 0 Å². The minimum Gasteiger partial charge on any atom is -0.379 e. The lowest BCUT2D eigenvalue weighted by atomic mass is 9.95. The lowest BCUT2D eigenvalue weighted by Crippen LogP contribution is -2.67. The van der Waals surface area contributed by atoms with Gasteiger partial charge in [-0.05, 0) is 13.0 Å². The van der Waals surface area contributed by atoms with Gasteiger partial charge in [-0.25, -0.2) is 0 Å². The Morgan fingerprint density at radius 3 is 1.83 bits per heavy atom. The Balaban J connectivity index is 3.40. The predicted molar refractivity (Wildman–Crippen MR) is 59.9 cm³/mol. The Morgan fingerprint density at radius 1 is 0.875 bits per heavy atom. The molecule has 24 heavy (non-hydrogen) atoms. The summed E-state index contributed by atoms with van der Waals surface area (Å²) >= 11 is 0. The first-order valence-electron chi connectivity index (χ1n) is 6.05. The van der Waals surface area contributed by atoms with Crippen LogP contribution >= 0.6 is 0 Å². The van der Waals surface area contributed by atoms with Crippen LogP contribution in [0, 0.1) is 0 Å². The zero-order valence-electron chi connectivity index (χ0n) is 11.5. The van der Waals surface area contributed by atoms with Gasteiger partial charge in [-0.3, -0.25) is 4.99 Å². The van der Waals surface area contributed by atoms with Gasteiger partial charge >= 0.3 is 29.9 Å². The number of rotatable bonds is 4. The normalized spacial score (nSPS) is 21.2. The highest BCUT2D eigenvalue weighted by atomic mass is 19.4. The van der Waals surface area contributed by atoms with Gasteiger partial charge in [0.2, 0.25) is 0 Å². The number of allylic oxidation sites excluding steroid dienone is 2. The van der Waals surface area contributed by atoms with Crippen LogP contribution in [0.2, 0.25) is 0 Å². The van der Waals surface area contributed by atoms with Crippen molar-refractivity contribution in [1.82, 2.24) is 5.32 Å². The molecular weight excluding hydrogens is 369 g/mol. The van der Waals surface area contributed by atoms with Crippen LogP contribution in [0.3, 0.4) is 0 Å². The number of nitrogens with zero attached hydrogens (tertiary/aromatic N) is 1. The molecule has 1 N–H and O–H groups in total. The summed E-state index contributed by atoms with van der Waals surface area (Å²) in [6.07, 6.45) is -6.56. The fourth-order valence-electron chi connectivity index (χ4n) is 1.64. The second-order valence-corrected chi connectivity index (χ2v) is 4.94. The maximum atomic E-state index is 13.7. The van der Waals surface area contributed by atoms with Crippen molar-refractivity contribution in [2.24, 2.45) is 4.99 Å². The van der Waals surface area contributed by atoms with Gasteiger partial charge in [-0.15, -0.1) is 0 Å². The lowest BCUT2D eigenvalue weighted by Gasteiger charge is -2.38. The largest absolute Gasteiger partial charge is 0.460 e. The Kier molecular flexibility index (Phi) is 4.92. The van der Waals surface area contributed by atoms with Crippen molar-refractivity contribution < 1.29 is 48.3 Å².